The minimum atomic E-state index is 0.698. The van der Waals surface area contributed by atoms with Gasteiger partial charge in [0.15, 0.2) is 10.8 Å². The van der Waals surface area contributed by atoms with Crippen LogP contribution in [-0.2, 0) is 6.54 Å². The van der Waals surface area contributed by atoms with Crippen LogP contribution in [0.3, 0.4) is 0 Å². The summed E-state index contributed by atoms with van der Waals surface area (Å²) in [5, 5.41) is 4.40. The Labute approximate surface area is 105 Å². The third-order valence-electron chi connectivity index (χ3n) is 2.96. The molecule has 0 saturated heterocycles. The third-order valence-corrected chi connectivity index (χ3v) is 4.04. The Morgan fingerprint density at radius 2 is 2.41 bits per heavy atom. The molecule has 0 bridgehead atoms. The van der Waals surface area contributed by atoms with Gasteiger partial charge >= 0.3 is 0 Å². The Morgan fingerprint density at radius 1 is 1.53 bits per heavy atom. The van der Waals surface area contributed by atoms with Crippen LogP contribution in [0.5, 0.6) is 0 Å². The Kier molecular flexibility index (Phi) is 2.99. The lowest BCUT2D eigenvalue weighted by Gasteiger charge is -2.00. The second-order valence-electron chi connectivity index (χ2n) is 4.36. The molecule has 0 spiro atoms. The number of hydrogen-bond acceptors (Lipinski definition) is 4. The monoisotopic (exact) mass is 248 g/mol. The first kappa shape index (κ1) is 11.0. The van der Waals surface area contributed by atoms with Crippen LogP contribution in [0.15, 0.2) is 22.8 Å². The molecule has 1 N–H and O–H groups in total. The molecule has 0 aromatic carbocycles. The average Bonchev–Trinajstić information content (AvgIpc) is 2.90. The number of nitrogens with zero attached hydrogens (tertiary/aromatic N) is 1. The summed E-state index contributed by atoms with van der Waals surface area (Å²) in [7, 11) is 0. The molecule has 90 valence electrons. The summed E-state index contributed by atoms with van der Waals surface area (Å²) < 4.78 is 5.42. The second-order valence-corrected chi connectivity index (χ2v) is 5.44. The maximum atomic E-state index is 5.42. The summed E-state index contributed by atoms with van der Waals surface area (Å²) in [6.45, 7) is 4.06. The highest BCUT2D eigenvalue weighted by Gasteiger charge is 2.29. The molecule has 3 nitrogen and oxygen atoms in total. The van der Waals surface area contributed by atoms with E-state index in [2.05, 4.69) is 12.2 Å². The lowest BCUT2D eigenvalue weighted by molar-refractivity contribution is 0.581. The van der Waals surface area contributed by atoms with Gasteiger partial charge < -0.3 is 9.73 Å². The molecular weight excluding hydrogens is 232 g/mol. The molecule has 17 heavy (non-hydrogen) atoms. The highest BCUT2D eigenvalue weighted by Crippen LogP contribution is 2.44. The molecule has 0 aliphatic heterocycles. The van der Waals surface area contributed by atoms with Gasteiger partial charge in [-0.15, -0.1) is 11.3 Å². The third kappa shape index (κ3) is 2.28. The normalized spacial score (nSPS) is 15.4. The molecule has 4 heteroatoms. The minimum absolute atomic E-state index is 0.698. The zero-order valence-electron chi connectivity index (χ0n) is 9.90. The number of aromatic nitrogens is 1. The Bertz CT molecular complexity index is 485. The Morgan fingerprint density at radius 3 is 3.06 bits per heavy atom. The van der Waals surface area contributed by atoms with Crippen LogP contribution < -0.4 is 5.32 Å². The van der Waals surface area contributed by atoms with Gasteiger partial charge in [0.2, 0.25) is 0 Å². The van der Waals surface area contributed by atoms with E-state index in [0.29, 0.717) is 5.92 Å². The van der Waals surface area contributed by atoms with Crippen molar-refractivity contribution < 1.29 is 4.42 Å². The molecular formula is C13H16N2OS. The van der Waals surface area contributed by atoms with E-state index in [1.54, 1.807) is 17.6 Å². The van der Waals surface area contributed by atoms with Crippen molar-refractivity contribution in [1.82, 2.24) is 10.3 Å². The molecule has 0 atom stereocenters. The quantitative estimate of drug-likeness (QED) is 0.881. The van der Waals surface area contributed by atoms with Crippen LogP contribution in [0, 0.1) is 0 Å². The molecule has 1 saturated carbocycles. The molecule has 1 fully saturated rings. The maximum Gasteiger partial charge on any atom is 0.162 e. The van der Waals surface area contributed by atoms with E-state index in [1.165, 1.54) is 23.4 Å². The molecule has 0 unspecified atom stereocenters. The highest BCUT2D eigenvalue weighted by molar-refractivity contribution is 7.15. The summed E-state index contributed by atoms with van der Waals surface area (Å²) >= 11 is 1.76. The number of hydrogen-bond donors (Lipinski definition) is 1. The van der Waals surface area contributed by atoms with Crippen LogP contribution in [0.1, 0.15) is 36.3 Å². The van der Waals surface area contributed by atoms with E-state index in [1.807, 2.05) is 12.1 Å². The Hall–Kier alpha value is -1.13. The first-order valence-corrected chi connectivity index (χ1v) is 6.94. The molecule has 2 heterocycles. The van der Waals surface area contributed by atoms with Crippen molar-refractivity contribution in [2.45, 2.75) is 32.2 Å². The predicted molar refractivity (Wildman–Crippen MR) is 69.2 cm³/mol. The van der Waals surface area contributed by atoms with Crippen molar-refractivity contribution >= 4 is 11.3 Å². The van der Waals surface area contributed by atoms with Gasteiger partial charge in [0.1, 0.15) is 0 Å². The van der Waals surface area contributed by atoms with Gasteiger partial charge in [-0.25, -0.2) is 4.98 Å². The summed E-state index contributed by atoms with van der Waals surface area (Å²) in [4.78, 5) is 6.13. The molecule has 0 amide bonds. The van der Waals surface area contributed by atoms with E-state index >= 15 is 0 Å². The fraction of sp³-hybridized carbons (Fsp3) is 0.462. The van der Waals surface area contributed by atoms with Gasteiger partial charge in [-0.1, -0.05) is 6.92 Å². The van der Waals surface area contributed by atoms with E-state index < -0.39 is 0 Å². The standard InChI is InChI=1S/C13H16N2OS/c1-2-14-8-11-12(9-5-6-9)15-13(17-11)10-4-3-7-16-10/h3-4,7,9,14H,2,5-6,8H2,1H3. The first-order valence-electron chi connectivity index (χ1n) is 6.12. The van der Waals surface area contributed by atoms with E-state index in [-0.39, 0.29) is 0 Å². The van der Waals surface area contributed by atoms with Gasteiger partial charge in [0, 0.05) is 17.3 Å². The van der Waals surface area contributed by atoms with Gasteiger partial charge in [0.25, 0.3) is 0 Å². The summed E-state index contributed by atoms with van der Waals surface area (Å²) in [5.74, 6) is 1.59. The van der Waals surface area contributed by atoms with Gasteiger partial charge in [-0.2, -0.15) is 0 Å². The molecule has 1 aliphatic rings. The fourth-order valence-electron chi connectivity index (χ4n) is 1.91. The number of thiazole rings is 1. The largest absolute Gasteiger partial charge is 0.462 e. The molecule has 1 aliphatic carbocycles. The van der Waals surface area contributed by atoms with Crippen molar-refractivity contribution in [3.63, 3.8) is 0 Å². The number of rotatable bonds is 5. The zero-order chi connectivity index (χ0) is 11.7. The lowest BCUT2D eigenvalue weighted by atomic mass is 10.2. The van der Waals surface area contributed by atoms with Gasteiger partial charge in [0.05, 0.1) is 12.0 Å². The van der Waals surface area contributed by atoms with Gasteiger partial charge in [-0.05, 0) is 31.5 Å². The zero-order valence-corrected chi connectivity index (χ0v) is 10.7. The molecule has 3 rings (SSSR count). The summed E-state index contributed by atoms with van der Waals surface area (Å²) in [6.07, 6.45) is 4.29. The van der Waals surface area contributed by atoms with Crippen LogP contribution in [-0.4, -0.2) is 11.5 Å². The molecule has 0 radical (unpaired) electrons. The highest BCUT2D eigenvalue weighted by atomic mass is 32.1. The summed E-state index contributed by atoms with van der Waals surface area (Å²) in [6, 6.07) is 3.89. The van der Waals surface area contributed by atoms with Gasteiger partial charge in [-0.3, -0.25) is 0 Å². The topological polar surface area (TPSA) is 38.1 Å². The van der Waals surface area contributed by atoms with Crippen molar-refractivity contribution in [3.8, 4) is 10.8 Å². The fourth-order valence-corrected chi connectivity index (χ4v) is 3.00. The summed E-state index contributed by atoms with van der Waals surface area (Å²) in [5.41, 5.74) is 1.29. The number of nitrogens with one attached hydrogen (secondary N) is 1. The second kappa shape index (κ2) is 4.63. The van der Waals surface area contributed by atoms with Crippen molar-refractivity contribution in [1.29, 1.82) is 0 Å². The Balaban J connectivity index is 1.90. The minimum Gasteiger partial charge on any atom is -0.462 e. The predicted octanol–water partition coefficient (Wildman–Crippen LogP) is 3.39. The lowest BCUT2D eigenvalue weighted by Crippen LogP contribution is -2.11. The van der Waals surface area contributed by atoms with Crippen molar-refractivity contribution in [2.75, 3.05) is 6.54 Å². The van der Waals surface area contributed by atoms with Crippen LogP contribution in [0.4, 0.5) is 0 Å². The van der Waals surface area contributed by atoms with E-state index in [9.17, 15) is 0 Å². The maximum absolute atomic E-state index is 5.42. The molecule has 2 aromatic heterocycles. The van der Waals surface area contributed by atoms with E-state index in [4.69, 9.17) is 9.40 Å². The van der Waals surface area contributed by atoms with Crippen LogP contribution in [0.2, 0.25) is 0 Å². The first-order chi connectivity index (χ1) is 8.38. The van der Waals surface area contributed by atoms with Crippen LogP contribution in [0.25, 0.3) is 10.8 Å². The average molecular weight is 248 g/mol. The molecule has 2 aromatic rings. The SMILES string of the molecule is CCNCc1sc(-c2ccco2)nc1C1CC1. The number of furan rings is 1. The van der Waals surface area contributed by atoms with Crippen molar-refractivity contribution in [2.24, 2.45) is 0 Å². The smallest absolute Gasteiger partial charge is 0.162 e. The van der Waals surface area contributed by atoms with Crippen molar-refractivity contribution in [3.05, 3.63) is 29.0 Å². The van der Waals surface area contributed by atoms with Crippen LogP contribution >= 0.6 is 11.3 Å². The van der Waals surface area contributed by atoms with E-state index in [0.717, 1.165) is 23.9 Å².